The van der Waals surface area contributed by atoms with Crippen molar-refractivity contribution in [3.8, 4) is 0 Å². The fraction of sp³-hybridized carbons (Fsp3) is 0.500. The number of methoxy groups -OCH3 is 1. The lowest BCUT2D eigenvalue weighted by Crippen LogP contribution is -2.38. The molecule has 1 aliphatic rings. The number of benzene rings is 1. The minimum Gasteiger partial charge on any atom is -0.469 e. The van der Waals surface area contributed by atoms with Crippen LogP contribution in [0.5, 0.6) is 0 Å². The molecule has 0 aliphatic heterocycles. The van der Waals surface area contributed by atoms with Gasteiger partial charge in [0, 0.05) is 10.4 Å². The Morgan fingerprint density at radius 3 is 2.27 bits per heavy atom. The molecule has 1 fully saturated rings. The monoisotopic (exact) mass is 389 g/mol. The summed E-state index contributed by atoms with van der Waals surface area (Å²) in [5.41, 5.74) is 6.88. The number of ether oxygens (including phenoxy) is 1. The third kappa shape index (κ3) is 4.31. The second-order valence-corrected chi connectivity index (χ2v) is 6.37. The van der Waals surface area contributed by atoms with Gasteiger partial charge >= 0.3 is 5.97 Å². The number of ketones is 1. The zero-order valence-electron chi connectivity index (χ0n) is 12.5. The summed E-state index contributed by atoms with van der Waals surface area (Å²) in [5, 5.41) is 0. The molecule has 2 rings (SSSR count). The molecule has 1 aromatic rings. The highest BCUT2D eigenvalue weighted by molar-refractivity contribution is 9.10. The molecule has 0 bridgehead atoms. The van der Waals surface area contributed by atoms with Gasteiger partial charge in [0.15, 0.2) is 5.78 Å². The Labute approximate surface area is 145 Å². The van der Waals surface area contributed by atoms with Gasteiger partial charge < -0.3 is 10.5 Å². The lowest BCUT2D eigenvalue weighted by atomic mass is 9.74. The molecule has 122 valence electrons. The fourth-order valence-electron chi connectivity index (χ4n) is 2.97. The summed E-state index contributed by atoms with van der Waals surface area (Å²) < 4.78 is 5.77. The number of Topliss-reactive ketones (excluding diaryl/α,β-unsaturated/α-hetero) is 1. The number of esters is 1. The molecule has 0 heterocycles. The van der Waals surface area contributed by atoms with Crippen molar-refractivity contribution in [2.45, 2.75) is 31.7 Å². The Morgan fingerprint density at radius 2 is 1.73 bits per heavy atom. The topological polar surface area (TPSA) is 69.4 Å². The van der Waals surface area contributed by atoms with Gasteiger partial charge in [0.25, 0.3) is 0 Å². The molecule has 2 N–H and O–H groups in total. The van der Waals surface area contributed by atoms with Crippen molar-refractivity contribution in [2.75, 3.05) is 7.11 Å². The zero-order chi connectivity index (χ0) is 15.4. The Kier molecular flexibility index (Phi) is 7.53. The normalized spacial score (nSPS) is 22.3. The Bertz CT molecular complexity index is 521. The number of rotatable bonds is 4. The van der Waals surface area contributed by atoms with Gasteiger partial charge in [-0.3, -0.25) is 9.59 Å². The van der Waals surface area contributed by atoms with Crippen LogP contribution >= 0.6 is 28.3 Å². The highest BCUT2D eigenvalue weighted by atomic mass is 79.9. The van der Waals surface area contributed by atoms with E-state index in [2.05, 4.69) is 15.9 Å². The van der Waals surface area contributed by atoms with E-state index < -0.39 is 6.04 Å². The Balaban J connectivity index is 0.00000242. The largest absolute Gasteiger partial charge is 0.469 e. The maximum atomic E-state index is 12.7. The van der Waals surface area contributed by atoms with Gasteiger partial charge in [0.1, 0.15) is 0 Å². The summed E-state index contributed by atoms with van der Waals surface area (Å²) in [5.74, 6) is -1.04. The van der Waals surface area contributed by atoms with Gasteiger partial charge in [-0.15, -0.1) is 12.4 Å². The van der Waals surface area contributed by atoms with Gasteiger partial charge in [-0.25, -0.2) is 0 Å². The Morgan fingerprint density at radius 1 is 1.18 bits per heavy atom. The molecule has 3 atom stereocenters. The number of hydrogen-bond donors (Lipinski definition) is 1. The van der Waals surface area contributed by atoms with E-state index in [1.165, 1.54) is 7.11 Å². The molecular weight excluding hydrogens is 370 g/mol. The lowest BCUT2D eigenvalue weighted by molar-refractivity contribution is -0.151. The predicted molar refractivity (Wildman–Crippen MR) is 90.8 cm³/mol. The quantitative estimate of drug-likeness (QED) is 0.800. The van der Waals surface area contributed by atoms with Crippen LogP contribution < -0.4 is 5.73 Å². The van der Waals surface area contributed by atoms with E-state index in [1.54, 1.807) is 0 Å². The molecule has 4 nitrogen and oxygen atoms in total. The summed E-state index contributed by atoms with van der Waals surface area (Å²) in [6.45, 7) is 0. The lowest BCUT2D eigenvalue weighted by Gasteiger charge is -2.30. The van der Waals surface area contributed by atoms with E-state index in [9.17, 15) is 9.59 Å². The van der Waals surface area contributed by atoms with E-state index in [0.717, 1.165) is 22.9 Å². The van der Waals surface area contributed by atoms with E-state index in [0.29, 0.717) is 12.8 Å². The van der Waals surface area contributed by atoms with Crippen LogP contribution in [0, 0.1) is 11.8 Å². The molecule has 6 heteroatoms. The molecular formula is C16H21BrClNO3. The fourth-order valence-corrected chi connectivity index (χ4v) is 3.23. The minimum atomic E-state index is -0.687. The van der Waals surface area contributed by atoms with Gasteiger partial charge in [0.05, 0.1) is 19.1 Å². The summed E-state index contributed by atoms with van der Waals surface area (Å²) in [7, 11) is 1.37. The van der Waals surface area contributed by atoms with Gasteiger partial charge in [-0.05, 0) is 30.5 Å². The van der Waals surface area contributed by atoms with Crippen LogP contribution in [0.25, 0.3) is 0 Å². The van der Waals surface area contributed by atoms with Crippen LogP contribution in [0.1, 0.15) is 37.3 Å². The van der Waals surface area contributed by atoms with Crippen molar-refractivity contribution in [3.05, 3.63) is 34.3 Å². The average Bonchev–Trinajstić information content (AvgIpc) is 2.53. The molecule has 0 aromatic heterocycles. The third-order valence-corrected chi connectivity index (χ3v) is 4.70. The van der Waals surface area contributed by atoms with E-state index in [4.69, 9.17) is 10.5 Å². The maximum Gasteiger partial charge on any atom is 0.309 e. The van der Waals surface area contributed by atoms with E-state index in [-0.39, 0.29) is 36.0 Å². The van der Waals surface area contributed by atoms with E-state index >= 15 is 0 Å². The van der Waals surface area contributed by atoms with Crippen molar-refractivity contribution in [3.63, 3.8) is 0 Å². The van der Waals surface area contributed by atoms with Crippen molar-refractivity contribution < 1.29 is 14.3 Å². The number of nitrogens with two attached hydrogens (primary N) is 1. The molecule has 1 aliphatic carbocycles. The van der Waals surface area contributed by atoms with E-state index in [1.807, 2.05) is 24.3 Å². The van der Waals surface area contributed by atoms with Gasteiger partial charge in [0.2, 0.25) is 0 Å². The second kappa shape index (κ2) is 8.65. The first kappa shape index (κ1) is 19.1. The standard InChI is InChI=1S/C16H20BrNO3.ClH/c1-21-16(20)13-5-3-2-4-12(13)15(19)14(18)10-6-8-11(17)9-7-10;/h6-9,12-14H,2-5,18H2,1H3;1H. The molecule has 0 radical (unpaired) electrons. The van der Waals surface area contributed by atoms with Crippen molar-refractivity contribution >= 4 is 40.1 Å². The van der Waals surface area contributed by atoms with Gasteiger partial charge in [-0.2, -0.15) is 0 Å². The first-order valence-electron chi connectivity index (χ1n) is 7.17. The van der Waals surface area contributed by atoms with Crippen molar-refractivity contribution in [1.29, 1.82) is 0 Å². The second-order valence-electron chi connectivity index (χ2n) is 5.45. The van der Waals surface area contributed by atoms with Crippen LogP contribution in [0.3, 0.4) is 0 Å². The highest BCUT2D eigenvalue weighted by Crippen LogP contribution is 2.34. The van der Waals surface area contributed by atoms with Crippen LogP contribution in [-0.2, 0) is 14.3 Å². The Hall–Kier alpha value is -0.910. The molecule has 0 amide bonds. The van der Waals surface area contributed by atoms with Crippen molar-refractivity contribution in [1.82, 2.24) is 0 Å². The maximum absolute atomic E-state index is 12.7. The average molecular weight is 391 g/mol. The molecule has 0 saturated heterocycles. The zero-order valence-corrected chi connectivity index (χ0v) is 14.9. The third-order valence-electron chi connectivity index (χ3n) is 4.17. The summed E-state index contributed by atoms with van der Waals surface area (Å²) >= 11 is 3.36. The molecule has 22 heavy (non-hydrogen) atoms. The number of carbonyl (C=O) groups excluding carboxylic acids is 2. The molecule has 1 aromatic carbocycles. The molecule has 3 unspecified atom stereocenters. The predicted octanol–water partition coefficient (Wildman–Crippen LogP) is 3.42. The highest BCUT2D eigenvalue weighted by Gasteiger charge is 2.38. The molecule has 0 spiro atoms. The number of hydrogen-bond acceptors (Lipinski definition) is 4. The summed E-state index contributed by atoms with van der Waals surface area (Å²) in [6.07, 6.45) is 3.33. The van der Waals surface area contributed by atoms with Crippen LogP contribution in [0.15, 0.2) is 28.7 Å². The van der Waals surface area contributed by atoms with Crippen molar-refractivity contribution in [2.24, 2.45) is 17.6 Å². The first-order chi connectivity index (χ1) is 10.0. The SMILES string of the molecule is COC(=O)C1CCCCC1C(=O)C(N)c1ccc(Br)cc1.Cl. The molecule has 1 saturated carbocycles. The first-order valence-corrected chi connectivity index (χ1v) is 7.96. The minimum absolute atomic E-state index is 0. The van der Waals surface area contributed by atoms with Gasteiger partial charge in [-0.1, -0.05) is 40.9 Å². The smallest absolute Gasteiger partial charge is 0.309 e. The number of halogens is 2. The summed E-state index contributed by atoms with van der Waals surface area (Å²) in [6, 6.07) is 6.71. The summed E-state index contributed by atoms with van der Waals surface area (Å²) in [4.78, 5) is 24.5. The van der Waals surface area contributed by atoms with Crippen LogP contribution in [-0.4, -0.2) is 18.9 Å². The van der Waals surface area contributed by atoms with Crippen LogP contribution in [0.2, 0.25) is 0 Å². The van der Waals surface area contributed by atoms with Crippen LogP contribution in [0.4, 0.5) is 0 Å². The number of carbonyl (C=O) groups is 2.